The highest BCUT2D eigenvalue weighted by Crippen LogP contribution is 2.27. The lowest BCUT2D eigenvalue weighted by Crippen LogP contribution is -2.46. The molecule has 1 saturated carbocycles. The van der Waals surface area contributed by atoms with Gasteiger partial charge in [-0.15, -0.1) is 11.3 Å². The number of piperidine rings is 1. The van der Waals surface area contributed by atoms with Crippen LogP contribution in [-0.2, 0) is 0 Å². The van der Waals surface area contributed by atoms with Crippen molar-refractivity contribution < 1.29 is 4.52 Å². The van der Waals surface area contributed by atoms with Crippen LogP contribution in [0.1, 0.15) is 57.4 Å². The van der Waals surface area contributed by atoms with E-state index >= 15 is 0 Å². The fourth-order valence-electron chi connectivity index (χ4n) is 3.95. The van der Waals surface area contributed by atoms with Gasteiger partial charge in [-0.2, -0.15) is 4.98 Å². The van der Waals surface area contributed by atoms with Crippen LogP contribution >= 0.6 is 11.3 Å². The fourth-order valence-corrected chi connectivity index (χ4v) is 4.60. The lowest BCUT2D eigenvalue weighted by atomic mass is 10.0. The second-order valence-electron chi connectivity index (χ2n) is 7.07. The Hall–Kier alpha value is -1.24. The second kappa shape index (κ2) is 7.33. The maximum atomic E-state index is 5.53. The summed E-state index contributed by atoms with van der Waals surface area (Å²) >= 11 is 1.65. The Morgan fingerprint density at radius 3 is 2.67 bits per heavy atom. The Labute approximate surface area is 147 Å². The van der Waals surface area contributed by atoms with Crippen LogP contribution < -0.4 is 5.32 Å². The monoisotopic (exact) mass is 346 g/mol. The average molecular weight is 347 g/mol. The van der Waals surface area contributed by atoms with Gasteiger partial charge >= 0.3 is 0 Å². The van der Waals surface area contributed by atoms with Gasteiger partial charge in [0.05, 0.1) is 10.9 Å². The zero-order valence-electron chi connectivity index (χ0n) is 14.3. The molecule has 1 aliphatic heterocycles. The van der Waals surface area contributed by atoms with Gasteiger partial charge < -0.3 is 9.84 Å². The van der Waals surface area contributed by atoms with Crippen LogP contribution in [0.4, 0.5) is 0 Å². The topological polar surface area (TPSA) is 54.2 Å². The zero-order chi connectivity index (χ0) is 16.4. The third kappa shape index (κ3) is 3.55. The van der Waals surface area contributed by atoms with E-state index in [1.54, 1.807) is 11.3 Å². The van der Waals surface area contributed by atoms with Crippen molar-refractivity contribution in [2.24, 2.45) is 0 Å². The smallest absolute Gasteiger partial charge is 0.244 e. The summed E-state index contributed by atoms with van der Waals surface area (Å²) in [5.74, 6) is 1.45. The minimum absolute atomic E-state index is 0.193. The van der Waals surface area contributed by atoms with Gasteiger partial charge in [0.15, 0.2) is 0 Å². The first kappa shape index (κ1) is 16.2. The van der Waals surface area contributed by atoms with Gasteiger partial charge in [-0.1, -0.05) is 24.1 Å². The van der Waals surface area contributed by atoms with Crippen LogP contribution in [-0.4, -0.2) is 40.2 Å². The van der Waals surface area contributed by atoms with Gasteiger partial charge in [-0.25, -0.2) is 0 Å². The lowest BCUT2D eigenvalue weighted by molar-refractivity contribution is 0.126. The minimum Gasteiger partial charge on any atom is -0.337 e. The summed E-state index contributed by atoms with van der Waals surface area (Å²) < 4.78 is 5.53. The van der Waals surface area contributed by atoms with Gasteiger partial charge in [-0.3, -0.25) is 4.90 Å². The molecule has 4 rings (SSSR count). The molecule has 130 valence electrons. The van der Waals surface area contributed by atoms with Crippen molar-refractivity contribution in [1.82, 2.24) is 20.4 Å². The molecule has 2 aromatic heterocycles. The molecule has 3 heterocycles. The number of nitrogens with one attached hydrogen (secondary N) is 1. The van der Waals surface area contributed by atoms with Gasteiger partial charge in [0.2, 0.25) is 11.7 Å². The molecule has 0 unspecified atom stereocenters. The molecule has 1 atom stereocenters. The normalized spacial score (nSPS) is 22.2. The highest BCUT2D eigenvalue weighted by atomic mass is 32.1. The summed E-state index contributed by atoms with van der Waals surface area (Å²) in [6.45, 7) is 4.38. The third-order valence-electron chi connectivity index (χ3n) is 5.44. The average Bonchev–Trinajstić information content (AvgIpc) is 3.36. The van der Waals surface area contributed by atoms with Crippen LogP contribution in [0.15, 0.2) is 22.0 Å². The maximum Gasteiger partial charge on any atom is 0.244 e. The number of rotatable bonds is 5. The first-order chi connectivity index (χ1) is 11.8. The number of nitrogens with zero attached hydrogens (tertiary/aromatic N) is 3. The molecule has 1 N–H and O–H groups in total. The number of hydrogen-bond acceptors (Lipinski definition) is 6. The molecule has 5 nitrogen and oxygen atoms in total. The molecule has 0 amide bonds. The SMILES string of the molecule is C[C@H](c1nc(-c2cccs2)no1)N1CCC(NC2CCCC2)CC1. The van der Waals surface area contributed by atoms with Crippen molar-refractivity contribution >= 4 is 11.3 Å². The maximum absolute atomic E-state index is 5.53. The van der Waals surface area contributed by atoms with Crippen molar-refractivity contribution in [1.29, 1.82) is 0 Å². The molecule has 1 saturated heterocycles. The van der Waals surface area contributed by atoms with E-state index in [1.807, 2.05) is 17.5 Å². The summed E-state index contributed by atoms with van der Waals surface area (Å²) in [4.78, 5) is 8.14. The second-order valence-corrected chi connectivity index (χ2v) is 8.02. The van der Waals surface area contributed by atoms with Crippen molar-refractivity contribution in [2.45, 2.75) is 63.6 Å². The quantitative estimate of drug-likeness (QED) is 0.891. The Kier molecular flexibility index (Phi) is 4.96. The first-order valence-corrected chi connectivity index (χ1v) is 10.0. The van der Waals surface area contributed by atoms with E-state index in [0.29, 0.717) is 11.9 Å². The van der Waals surface area contributed by atoms with Gasteiger partial charge in [-0.05, 0) is 44.1 Å². The first-order valence-electron chi connectivity index (χ1n) is 9.17. The summed E-state index contributed by atoms with van der Waals surface area (Å²) in [5, 5.41) is 10.0. The summed E-state index contributed by atoms with van der Waals surface area (Å²) in [5.41, 5.74) is 0. The van der Waals surface area contributed by atoms with Gasteiger partial charge in [0, 0.05) is 25.2 Å². The number of thiophene rings is 1. The van der Waals surface area contributed by atoms with E-state index in [0.717, 1.165) is 29.9 Å². The Bertz CT molecular complexity index is 627. The molecule has 6 heteroatoms. The molecule has 0 aromatic carbocycles. The van der Waals surface area contributed by atoms with Crippen molar-refractivity contribution in [3.8, 4) is 10.7 Å². The van der Waals surface area contributed by atoms with Crippen molar-refractivity contribution in [2.75, 3.05) is 13.1 Å². The van der Waals surface area contributed by atoms with Crippen LogP contribution in [0, 0.1) is 0 Å². The van der Waals surface area contributed by atoms with Crippen LogP contribution in [0.2, 0.25) is 0 Å². The molecule has 2 fully saturated rings. The predicted molar refractivity (Wildman–Crippen MR) is 96.0 cm³/mol. The van der Waals surface area contributed by atoms with E-state index in [1.165, 1.54) is 38.5 Å². The van der Waals surface area contributed by atoms with Crippen molar-refractivity contribution in [3.05, 3.63) is 23.4 Å². The van der Waals surface area contributed by atoms with E-state index < -0.39 is 0 Å². The van der Waals surface area contributed by atoms with Crippen LogP contribution in [0.3, 0.4) is 0 Å². The summed E-state index contributed by atoms with van der Waals surface area (Å²) in [6, 6.07) is 5.69. The van der Waals surface area contributed by atoms with Gasteiger partial charge in [0.25, 0.3) is 0 Å². The van der Waals surface area contributed by atoms with E-state index in [2.05, 4.69) is 27.3 Å². The Morgan fingerprint density at radius 1 is 1.21 bits per heavy atom. The number of aromatic nitrogens is 2. The lowest BCUT2D eigenvalue weighted by Gasteiger charge is -2.36. The highest BCUT2D eigenvalue weighted by molar-refractivity contribution is 7.13. The van der Waals surface area contributed by atoms with E-state index in [4.69, 9.17) is 4.52 Å². The third-order valence-corrected chi connectivity index (χ3v) is 6.31. The molecule has 24 heavy (non-hydrogen) atoms. The molecule has 0 bridgehead atoms. The van der Waals surface area contributed by atoms with E-state index in [-0.39, 0.29) is 6.04 Å². The van der Waals surface area contributed by atoms with Crippen LogP contribution in [0.5, 0.6) is 0 Å². The molecule has 1 aliphatic carbocycles. The summed E-state index contributed by atoms with van der Waals surface area (Å²) in [7, 11) is 0. The Morgan fingerprint density at radius 2 is 1.96 bits per heavy atom. The Balaban J connectivity index is 1.32. The molecule has 0 radical (unpaired) electrons. The summed E-state index contributed by atoms with van der Waals surface area (Å²) in [6.07, 6.45) is 7.96. The molecular formula is C18H26N4OS. The number of likely N-dealkylation sites (tertiary alicyclic amines) is 1. The molecule has 2 aromatic rings. The largest absolute Gasteiger partial charge is 0.337 e. The van der Waals surface area contributed by atoms with E-state index in [9.17, 15) is 0 Å². The standard InChI is InChI=1S/C18H26N4OS/c1-13(18-20-17(21-23-18)16-7-4-12-24-16)22-10-8-15(9-11-22)19-14-5-2-3-6-14/h4,7,12-15,19H,2-3,5-6,8-11H2,1H3/t13-/m1/s1. The minimum atomic E-state index is 0.193. The molecule has 2 aliphatic rings. The molecule has 0 spiro atoms. The zero-order valence-corrected chi connectivity index (χ0v) is 15.1. The highest BCUT2D eigenvalue weighted by Gasteiger charge is 2.28. The van der Waals surface area contributed by atoms with Gasteiger partial charge in [0.1, 0.15) is 0 Å². The molecular weight excluding hydrogens is 320 g/mol. The predicted octanol–water partition coefficient (Wildman–Crippen LogP) is 3.86. The van der Waals surface area contributed by atoms with Crippen molar-refractivity contribution in [3.63, 3.8) is 0 Å². The van der Waals surface area contributed by atoms with Crippen LogP contribution in [0.25, 0.3) is 10.7 Å². The number of hydrogen-bond donors (Lipinski definition) is 1. The fraction of sp³-hybridized carbons (Fsp3) is 0.667.